The molecule has 0 saturated carbocycles. The number of pyridine rings is 1. The van der Waals surface area contributed by atoms with Gasteiger partial charge in [0.2, 0.25) is 0 Å². The van der Waals surface area contributed by atoms with Crippen molar-refractivity contribution in [3.05, 3.63) is 66.2 Å². The van der Waals surface area contributed by atoms with E-state index in [2.05, 4.69) is 9.97 Å². The molecule has 8 nitrogen and oxygen atoms in total. The van der Waals surface area contributed by atoms with Crippen molar-refractivity contribution in [1.82, 2.24) is 9.97 Å². The largest absolute Gasteiger partial charge is 0.499 e. The Labute approximate surface area is 174 Å². The van der Waals surface area contributed by atoms with Gasteiger partial charge in [-0.2, -0.15) is 0 Å². The van der Waals surface area contributed by atoms with E-state index in [0.717, 1.165) is 16.8 Å². The second kappa shape index (κ2) is 8.38. The zero-order chi connectivity index (χ0) is 21.1. The Kier molecular flexibility index (Phi) is 5.49. The van der Waals surface area contributed by atoms with E-state index in [0.29, 0.717) is 36.6 Å². The minimum absolute atomic E-state index is 0.166. The highest BCUT2D eigenvalue weighted by molar-refractivity contribution is 6.04. The highest BCUT2D eigenvalue weighted by Gasteiger charge is 2.25. The van der Waals surface area contributed by atoms with Crippen molar-refractivity contribution in [2.75, 3.05) is 37.3 Å². The number of amides is 1. The molecule has 0 saturated heterocycles. The lowest BCUT2D eigenvalue weighted by atomic mass is 10.2. The number of aromatic nitrogens is 2. The second-order valence-electron chi connectivity index (χ2n) is 6.78. The van der Waals surface area contributed by atoms with Gasteiger partial charge in [0.15, 0.2) is 5.76 Å². The molecule has 0 fully saturated rings. The number of hydrogen-bond acceptors (Lipinski definition) is 7. The Morgan fingerprint density at radius 3 is 2.77 bits per heavy atom. The minimum Gasteiger partial charge on any atom is -0.499 e. The molecular formula is C22H22N4O4. The second-order valence-corrected chi connectivity index (χ2v) is 6.78. The standard InChI is InChI=1S/C22H22N4O4/c1-15-6-4-5-7-18(15)26(14-28-2)22-24-12-19(30-22)16-8-9-23-20(10-16)25-13-17(29-3)11-21(25)27/h4-12H,13-14H2,1-3H3. The highest BCUT2D eigenvalue weighted by atomic mass is 16.5. The molecule has 1 amide bonds. The molecule has 1 aliphatic rings. The Balaban J connectivity index is 1.63. The Morgan fingerprint density at radius 1 is 1.20 bits per heavy atom. The summed E-state index contributed by atoms with van der Waals surface area (Å²) in [6.45, 7) is 2.66. The van der Waals surface area contributed by atoms with Crippen molar-refractivity contribution in [1.29, 1.82) is 0 Å². The SMILES string of the molecule is COCN(c1ncc(-c2ccnc(N3CC(OC)=CC3=O)c2)o1)c1ccccc1C. The van der Waals surface area contributed by atoms with Crippen LogP contribution in [0.2, 0.25) is 0 Å². The lowest BCUT2D eigenvalue weighted by Gasteiger charge is -2.21. The molecule has 30 heavy (non-hydrogen) atoms. The Hall–Kier alpha value is -3.65. The Bertz CT molecular complexity index is 1090. The minimum atomic E-state index is -0.166. The lowest BCUT2D eigenvalue weighted by Crippen LogP contribution is -2.26. The summed E-state index contributed by atoms with van der Waals surface area (Å²) in [5.74, 6) is 1.52. The maximum atomic E-state index is 12.2. The van der Waals surface area contributed by atoms with Crippen molar-refractivity contribution < 1.29 is 18.7 Å². The first-order valence-corrected chi connectivity index (χ1v) is 9.41. The number of benzene rings is 1. The summed E-state index contributed by atoms with van der Waals surface area (Å²) in [7, 11) is 3.17. The fraction of sp³-hybridized carbons (Fsp3) is 0.227. The molecular weight excluding hydrogens is 384 g/mol. The van der Waals surface area contributed by atoms with Gasteiger partial charge in [-0.1, -0.05) is 18.2 Å². The fourth-order valence-electron chi connectivity index (χ4n) is 3.28. The van der Waals surface area contributed by atoms with Crippen LogP contribution in [0.15, 0.2) is 65.0 Å². The summed E-state index contributed by atoms with van der Waals surface area (Å²) in [6.07, 6.45) is 4.75. The average Bonchev–Trinajstić information content (AvgIpc) is 3.40. The Morgan fingerprint density at radius 2 is 2.03 bits per heavy atom. The van der Waals surface area contributed by atoms with Crippen LogP contribution in [-0.2, 0) is 14.3 Å². The van der Waals surface area contributed by atoms with Crippen LogP contribution in [0.3, 0.4) is 0 Å². The number of aryl methyl sites for hydroxylation is 1. The predicted molar refractivity (Wildman–Crippen MR) is 112 cm³/mol. The zero-order valence-electron chi connectivity index (χ0n) is 17.0. The van der Waals surface area contributed by atoms with E-state index in [1.807, 2.05) is 42.2 Å². The van der Waals surface area contributed by atoms with Gasteiger partial charge in [0.05, 0.1) is 25.5 Å². The van der Waals surface area contributed by atoms with E-state index < -0.39 is 0 Å². The van der Waals surface area contributed by atoms with Crippen molar-refractivity contribution in [2.45, 2.75) is 6.92 Å². The van der Waals surface area contributed by atoms with E-state index in [9.17, 15) is 4.79 Å². The number of rotatable bonds is 7. The monoisotopic (exact) mass is 406 g/mol. The molecule has 3 aromatic rings. The number of carbonyl (C=O) groups excluding carboxylic acids is 1. The number of methoxy groups -OCH3 is 2. The summed E-state index contributed by atoms with van der Waals surface area (Å²) < 4.78 is 16.6. The molecule has 0 radical (unpaired) electrons. The van der Waals surface area contributed by atoms with Crippen LogP contribution in [0.25, 0.3) is 11.3 Å². The first-order valence-electron chi connectivity index (χ1n) is 9.41. The first kappa shape index (κ1) is 19.7. The summed E-state index contributed by atoms with van der Waals surface area (Å²) >= 11 is 0. The van der Waals surface area contributed by atoms with Crippen LogP contribution in [0.4, 0.5) is 17.5 Å². The van der Waals surface area contributed by atoms with Gasteiger partial charge in [0.1, 0.15) is 18.3 Å². The number of oxazole rings is 1. The highest BCUT2D eigenvalue weighted by Crippen LogP contribution is 2.32. The van der Waals surface area contributed by atoms with Gasteiger partial charge in [-0.25, -0.2) is 9.97 Å². The predicted octanol–water partition coefficient (Wildman–Crippen LogP) is 3.66. The van der Waals surface area contributed by atoms with Crippen molar-refractivity contribution >= 4 is 23.4 Å². The molecule has 1 aromatic carbocycles. The van der Waals surface area contributed by atoms with Gasteiger partial charge < -0.3 is 13.9 Å². The van der Waals surface area contributed by atoms with E-state index in [4.69, 9.17) is 13.9 Å². The third kappa shape index (κ3) is 3.77. The van der Waals surface area contributed by atoms with E-state index >= 15 is 0 Å². The summed E-state index contributed by atoms with van der Waals surface area (Å²) in [5, 5.41) is 0. The van der Waals surface area contributed by atoms with Crippen molar-refractivity contribution in [3.63, 3.8) is 0 Å². The number of hydrogen-bond donors (Lipinski definition) is 0. The fourth-order valence-corrected chi connectivity index (χ4v) is 3.28. The molecule has 2 aromatic heterocycles. The molecule has 1 aliphatic heterocycles. The smallest absolute Gasteiger partial charge is 0.304 e. The summed E-state index contributed by atoms with van der Waals surface area (Å²) in [5.41, 5.74) is 2.79. The maximum absolute atomic E-state index is 12.2. The van der Waals surface area contributed by atoms with Gasteiger partial charge >= 0.3 is 6.01 Å². The third-order valence-electron chi connectivity index (χ3n) is 4.82. The van der Waals surface area contributed by atoms with Crippen LogP contribution in [0.5, 0.6) is 0 Å². The number of para-hydroxylation sites is 1. The van der Waals surface area contributed by atoms with Crippen molar-refractivity contribution in [3.8, 4) is 11.3 Å². The molecule has 4 rings (SSSR count). The zero-order valence-corrected chi connectivity index (χ0v) is 17.0. The van der Waals surface area contributed by atoms with Gasteiger partial charge in [-0.15, -0.1) is 0 Å². The molecule has 0 N–H and O–H groups in total. The number of nitrogens with zero attached hydrogens (tertiary/aromatic N) is 4. The molecule has 8 heteroatoms. The molecule has 0 spiro atoms. The van der Waals surface area contributed by atoms with Gasteiger partial charge in [-0.05, 0) is 30.7 Å². The van der Waals surface area contributed by atoms with Gasteiger partial charge in [-0.3, -0.25) is 14.6 Å². The van der Waals surface area contributed by atoms with E-state index in [1.54, 1.807) is 37.6 Å². The quantitative estimate of drug-likeness (QED) is 0.554. The molecule has 3 heterocycles. The van der Waals surface area contributed by atoms with Crippen molar-refractivity contribution in [2.24, 2.45) is 0 Å². The molecule has 0 bridgehead atoms. The summed E-state index contributed by atoms with van der Waals surface area (Å²) in [6, 6.07) is 12.0. The van der Waals surface area contributed by atoms with Crippen LogP contribution >= 0.6 is 0 Å². The van der Waals surface area contributed by atoms with Crippen LogP contribution in [0.1, 0.15) is 5.56 Å². The van der Waals surface area contributed by atoms with Gasteiger partial charge in [0.25, 0.3) is 5.91 Å². The van der Waals surface area contributed by atoms with Crippen LogP contribution < -0.4 is 9.80 Å². The normalized spacial score (nSPS) is 13.5. The molecule has 0 unspecified atom stereocenters. The van der Waals surface area contributed by atoms with E-state index in [1.165, 1.54) is 6.08 Å². The number of anilines is 3. The molecule has 0 aliphatic carbocycles. The molecule has 154 valence electrons. The topological polar surface area (TPSA) is 80.9 Å². The lowest BCUT2D eigenvalue weighted by molar-refractivity contribution is -0.113. The third-order valence-corrected chi connectivity index (χ3v) is 4.82. The first-order chi connectivity index (χ1) is 14.6. The number of carbonyl (C=O) groups is 1. The average molecular weight is 406 g/mol. The van der Waals surface area contributed by atoms with Crippen LogP contribution in [0, 0.1) is 6.92 Å². The maximum Gasteiger partial charge on any atom is 0.304 e. The van der Waals surface area contributed by atoms with Gasteiger partial charge in [0, 0.05) is 24.9 Å². The number of ether oxygens (including phenoxy) is 2. The van der Waals surface area contributed by atoms with Crippen LogP contribution in [-0.4, -0.2) is 43.4 Å². The van der Waals surface area contributed by atoms with E-state index in [-0.39, 0.29) is 5.91 Å². The summed E-state index contributed by atoms with van der Waals surface area (Å²) in [4.78, 5) is 24.4. The molecule has 0 atom stereocenters.